The summed E-state index contributed by atoms with van der Waals surface area (Å²) in [5.41, 5.74) is -0.652. The van der Waals surface area contributed by atoms with Crippen LogP contribution in [0.2, 0.25) is 0 Å². The number of anilines is 1. The van der Waals surface area contributed by atoms with E-state index in [2.05, 4.69) is 30.1 Å². The summed E-state index contributed by atoms with van der Waals surface area (Å²) in [6.45, 7) is 8.59. The van der Waals surface area contributed by atoms with Crippen molar-refractivity contribution in [2.45, 2.75) is 58.7 Å². The normalized spacial score (nSPS) is 12.2. The van der Waals surface area contributed by atoms with Crippen molar-refractivity contribution in [3.8, 4) is 28.9 Å². The van der Waals surface area contributed by atoms with Gasteiger partial charge in [-0.05, 0) is 53.7 Å². The van der Waals surface area contributed by atoms with Crippen LogP contribution >= 0.6 is 0 Å². The zero-order chi connectivity index (χ0) is 30.7. The highest BCUT2D eigenvalue weighted by atomic mass is 19.3. The van der Waals surface area contributed by atoms with Crippen LogP contribution in [0.5, 0.6) is 17.6 Å². The molecule has 0 aliphatic heterocycles. The quantitative estimate of drug-likeness (QED) is 0.253. The third kappa shape index (κ3) is 8.21. The summed E-state index contributed by atoms with van der Waals surface area (Å²) in [6, 6.07) is 6.75. The minimum absolute atomic E-state index is 0.0304. The Balaban J connectivity index is 1.54. The van der Waals surface area contributed by atoms with Crippen LogP contribution in [0.3, 0.4) is 0 Å². The number of benzene rings is 1. The first kappa shape index (κ1) is 30.3. The van der Waals surface area contributed by atoms with Crippen molar-refractivity contribution in [1.82, 2.24) is 24.6 Å². The lowest BCUT2D eigenvalue weighted by Crippen LogP contribution is -2.33. The van der Waals surface area contributed by atoms with Crippen molar-refractivity contribution in [2.75, 3.05) is 18.5 Å². The summed E-state index contributed by atoms with van der Waals surface area (Å²) < 4.78 is 66.3. The highest BCUT2D eigenvalue weighted by Crippen LogP contribution is 2.34. The molecule has 0 aliphatic rings. The van der Waals surface area contributed by atoms with E-state index < -0.39 is 42.2 Å². The molecule has 0 fully saturated rings. The van der Waals surface area contributed by atoms with Gasteiger partial charge in [0.25, 0.3) is 0 Å². The van der Waals surface area contributed by atoms with E-state index in [1.165, 1.54) is 47.4 Å². The Morgan fingerprint density at radius 2 is 1.71 bits per heavy atom. The van der Waals surface area contributed by atoms with Crippen LogP contribution in [0, 0.1) is 5.82 Å². The summed E-state index contributed by atoms with van der Waals surface area (Å²) in [4.78, 5) is 24.8. The summed E-state index contributed by atoms with van der Waals surface area (Å²) in [5.74, 6) is -4.21. The average Bonchev–Trinajstić information content (AvgIpc) is 3.35. The van der Waals surface area contributed by atoms with Crippen molar-refractivity contribution in [3.63, 3.8) is 0 Å². The lowest BCUT2D eigenvalue weighted by Gasteiger charge is -2.24. The van der Waals surface area contributed by atoms with Gasteiger partial charge in [0.15, 0.2) is 24.6 Å². The average molecular weight is 589 g/mol. The molecule has 0 spiro atoms. The number of aromatic nitrogens is 5. The molecule has 4 aromatic rings. The maximum Gasteiger partial charge on any atom is 0.411 e. The molecule has 14 heteroatoms. The van der Waals surface area contributed by atoms with Gasteiger partial charge < -0.3 is 18.9 Å². The topological polar surface area (TPSA) is 122 Å². The molecule has 0 radical (unpaired) electrons. The Morgan fingerprint density at radius 1 is 1.00 bits per heavy atom. The summed E-state index contributed by atoms with van der Waals surface area (Å²) in [6.07, 6.45) is 3.16. The molecule has 224 valence electrons. The Hall–Kier alpha value is -4.62. The van der Waals surface area contributed by atoms with E-state index in [-0.39, 0.29) is 34.7 Å². The van der Waals surface area contributed by atoms with Crippen LogP contribution in [-0.4, -0.2) is 61.0 Å². The molecule has 3 heterocycles. The number of hydrogen-bond donors (Lipinski definition) is 1. The smallest absolute Gasteiger partial charge is 0.411 e. The number of halogens is 3. The van der Waals surface area contributed by atoms with Gasteiger partial charge >= 0.3 is 18.0 Å². The van der Waals surface area contributed by atoms with Crippen molar-refractivity contribution >= 4 is 17.4 Å². The molecule has 3 aromatic heterocycles. The number of fused-ring (bicyclic) bond motifs is 1. The lowest BCUT2D eigenvalue weighted by molar-refractivity contribution is -0.0811. The molecule has 42 heavy (non-hydrogen) atoms. The van der Waals surface area contributed by atoms with Gasteiger partial charge in [-0.2, -0.15) is 18.9 Å². The van der Waals surface area contributed by atoms with E-state index in [1.807, 2.05) is 41.5 Å². The summed E-state index contributed by atoms with van der Waals surface area (Å²) in [7, 11) is 0. The van der Waals surface area contributed by atoms with E-state index in [1.54, 1.807) is 0 Å². The maximum absolute atomic E-state index is 14.7. The number of alkyl halides is 2. The predicted molar refractivity (Wildman–Crippen MR) is 147 cm³/mol. The molecule has 1 N–H and O–H groups in total. The zero-order valence-electron chi connectivity index (χ0n) is 23.9. The van der Waals surface area contributed by atoms with Crippen LogP contribution in [0.25, 0.3) is 16.9 Å². The second-order valence-corrected chi connectivity index (χ2v) is 11.2. The summed E-state index contributed by atoms with van der Waals surface area (Å²) >= 11 is 0. The molecule has 0 saturated carbocycles. The van der Waals surface area contributed by atoms with Crippen LogP contribution in [0.1, 0.15) is 41.5 Å². The zero-order valence-corrected chi connectivity index (χ0v) is 23.9. The van der Waals surface area contributed by atoms with Crippen LogP contribution in [-0.2, 0) is 4.74 Å². The molecule has 0 saturated heterocycles. The van der Waals surface area contributed by atoms with Crippen LogP contribution in [0.4, 0.5) is 23.7 Å². The van der Waals surface area contributed by atoms with Gasteiger partial charge in [-0.15, -0.1) is 0 Å². The first-order chi connectivity index (χ1) is 19.6. The molecule has 4 rings (SSSR count). The minimum atomic E-state index is -3.60. The molecule has 0 bridgehead atoms. The highest BCUT2D eigenvalue weighted by molar-refractivity contribution is 5.84. The third-order valence-corrected chi connectivity index (χ3v) is 5.10. The van der Waals surface area contributed by atoms with Crippen molar-refractivity contribution in [1.29, 1.82) is 0 Å². The monoisotopic (exact) mass is 588 g/mol. The second-order valence-electron chi connectivity index (χ2n) is 11.2. The fraction of sp³-hybridized carbons (Fsp3) is 0.393. The Kier molecular flexibility index (Phi) is 8.45. The van der Waals surface area contributed by atoms with Crippen molar-refractivity contribution in [3.05, 3.63) is 54.7 Å². The number of carbonyl (C=O) groups excluding carboxylic acids is 1. The SMILES string of the molecule is CC(C)(C)Oc1ncc(-c2cc(OCC(F)(F)COC(=O)Nc3ccccc3F)c3nccn3n2)c(OC(C)(C)C)n1. The molecule has 0 unspecified atom stereocenters. The molecule has 0 atom stereocenters. The van der Waals surface area contributed by atoms with Gasteiger partial charge in [0.05, 0.1) is 11.3 Å². The van der Waals surface area contributed by atoms with Crippen LogP contribution < -0.4 is 19.5 Å². The molecule has 11 nitrogen and oxygen atoms in total. The minimum Gasteiger partial charge on any atom is -0.483 e. The molecule has 1 amide bonds. The Bertz CT molecular complexity index is 1570. The van der Waals surface area contributed by atoms with Crippen LogP contribution in [0.15, 0.2) is 48.9 Å². The molecule has 1 aromatic carbocycles. The number of rotatable bonds is 9. The fourth-order valence-electron chi connectivity index (χ4n) is 3.45. The number of ether oxygens (including phenoxy) is 4. The molecular formula is C28H31F3N6O5. The second kappa shape index (κ2) is 11.7. The van der Waals surface area contributed by atoms with Gasteiger partial charge in [-0.25, -0.2) is 23.7 Å². The number of imidazole rings is 1. The van der Waals surface area contributed by atoms with E-state index in [0.717, 1.165) is 6.07 Å². The van der Waals surface area contributed by atoms with Gasteiger partial charge in [-0.1, -0.05) is 12.1 Å². The maximum atomic E-state index is 14.7. The van der Waals surface area contributed by atoms with Gasteiger partial charge in [0.2, 0.25) is 5.88 Å². The standard InChI is InChI=1S/C28H31F3N6O5/c1-26(2,3)41-23-17(14-33-24(35-23)42-27(4,5)6)20-13-21(22-32-11-12-37(22)36-20)39-15-28(30,31)16-40-25(38)34-19-10-8-7-9-18(19)29/h7-14H,15-16H2,1-6H3,(H,34,38). The van der Waals surface area contributed by atoms with Crippen molar-refractivity contribution in [2.24, 2.45) is 0 Å². The highest BCUT2D eigenvalue weighted by Gasteiger charge is 2.33. The third-order valence-electron chi connectivity index (χ3n) is 5.10. The first-order valence-electron chi connectivity index (χ1n) is 12.9. The Labute approximate surface area is 240 Å². The molecule has 0 aliphatic carbocycles. The number of para-hydroxylation sites is 1. The van der Waals surface area contributed by atoms with Crippen molar-refractivity contribution < 1.29 is 36.9 Å². The van der Waals surface area contributed by atoms with E-state index >= 15 is 0 Å². The van der Waals surface area contributed by atoms with E-state index in [4.69, 9.17) is 14.2 Å². The van der Waals surface area contributed by atoms with Gasteiger partial charge in [0.1, 0.15) is 22.7 Å². The number of hydrogen-bond acceptors (Lipinski definition) is 9. The summed E-state index contributed by atoms with van der Waals surface area (Å²) in [5, 5.41) is 6.57. The lowest BCUT2D eigenvalue weighted by atomic mass is 10.1. The van der Waals surface area contributed by atoms with Gasteiger partial charge in [-0.3, -0.25) is 5.32 Å². The number of amides is 1. The van der Waals surface area contributed by atoms with E-state index in [9.17, 15) is 18.0 Å². The van der Waals surface area contributed by atoms with Gasteiger partial charge in [0, 0.05) is 24.7 Å². The largest absolute Gasteiger partial charge is 0.483 e. The number of carbonyl (C=O) groups is 1. The molecular weight excluding hydrogens is 557 g/mol. The first-order valence-corrected chi connectivity index (χ1v) is 12.9. The fourth-order valence-corrected chi connectivity index (χ4v) is 3.45. The number of nitrogens with zero attached hydrogens (tertiary/aromatic N) is 5. The van der Waals surface area contributed by atoms with E-state index in [0.29, 0.717) is 5.56 Å². The number of nitrogens with one attached hydrogen (secondary N) is 1. The Morgan fingerprint density at radius 3 is 2.40 bits per heavy atom. The predicted octanol–water partition coefficient (Wildman–Crippen LogP) is 5.94.